The van der Waals surface area contributed by atoms with Gasteiger partial charge in [-0.2, -0.15) is 4.98 Å². The summed E-state index contributed by atoms with van der Waals surface area (Å²) in [6.07, 6.45) is 5.94. The van der Waals surface area contributed by atoms with Gasteiger partial charge < -0.3 is 14.3 Å². The van der Waals surface area contributed by atoms with E-state index in [4.69, 9.17) is 8.94 Å². The minimum atomic E-state index is -0.624. The zero-order valence-electron chi connectivity index (χ0n) is 18.2. The zero-order chi connectivity index (χ0) is 22.4. The lowest BCUT2D eigenvalue weighted by Gasteiger charge is -2.30. The Labute approximate surface area is 180 Å². The highest BCUT2D eigenvalue weighted by Gasteiger charge is 2.38. The Morgan fingerprint density at radius 3 is 2.42 bits per heavy atom. The van der Waals surface area contributed by atoms with Gasteiger partial charge >= 0.3 is 0 Å². The number of furan rings is 1. The van der Waals surface area contributed by atoms with Crippen LogP contribution in [0.5, 0.6) is 0 Å². The topological polar surface area (TPSA) is 139 Å². The number of rotatable bonds is 6. The van der Waals surface area contributed by atoms with E-state index in [1.54, 1.807) is 19.9 Å². The molecule has 1 aliphatic carbocycles. The highest BCUT2D eigenvalue weighted by Crippen LogP contribution is 2.34. The maximum atomic E-state index is 12.1. The van der Waals surface area contributed by atoms with Crippen LogP contribution >= 0.6 is 0 Å². The van der Waals surface area contributed by atoms with Crippen molar-refractivity contribution in [3.63, 3.8) is 0 Å². The molecular weight excluding hydrogens is 402 g/mol. The molecular formula is C21H29N5O5. The summed E-state index contributed by atoms with van der Waals surface area (Å²) in [4.78, 5) is 40.5. The molecule has 10 nitrogen and oxygen atoms in total. The second kappa shape index (κ2) is 9.76. The van der Waals surface area contributed by atoms with Crippen LogP contribution < -0.4 is 16.2 Å². The molecule has 1 saturated carbocycles. The first-order chi connectivity index (χ1) is 14.8. The number of amides is 3. The summed E-state index contributed by atoms with van der Waals surface area (Å²) in [7, 11) is 0. The summed E-state index contributed by atoms with van der Waals surface area (Å²) in [5.41, 5.74) is 4.48. The van der Waals surface area contributed by atoms with Gasteiger partial charge in [-0.25, -0.2) is 0 Å². The van der Waals surface area contributed by atoms with E-state index in [1.807, 2.05) is 0 Å². The molecule has 0 aromatic carbocycles. The number of nitrogens with zero attached hydrogens (tertiary/aromatic N) is 2. The maximum absolute atomic E-state index is 12.1. The summed E-state index contributed by atoms with van der Waals surface area (Å²) in [5.74, 6) is 0.892. The molecule has 3 rings (SSSR count). The van der Waals surface area contributed by atoms with Crippen LogP contribution in [-0.2, 0) is 21.5 Å². The van der Waals surface area contributed by atoms with Crippen molar-refractivity contribution in [3.05, 3.63) is 34.9 Å². The molecule has 0 atom stereocenters. The van der Waals surface area contributed by atoms with Crippen molar-refractivity contribution < 1.29 is 23.3 Å². The smallest absolute Gasteiger partial charge is 0.273 e. The Morgan fingerprint density at radius 2 is 1.81 bits per heavy atom. The van der Waals surface area contributed by atoms with Gasteiger partial charge in [0.05, 0.1) is 5.56 Å². The molecule has 0 saturated heterocycles. The van der Waals surface area contributed by atoms with Gasteiger partial charge in [-0.05, 0) is 32.8 Å². The van der Waals surface area contributed by atoms with Crippen molar-refractivity contribution >= 4 is 17.7 Å². The van der Waals surface area contributed by atoms with E-state index in [1.165, 1.54) is 6.92 Å². The van der Waals surface area contributed by atoms with Crippen LogP contribution in [0.1, 0.15) is 85.5 Å². The Morgan fingerprint density at radius 1 is 1.10 bits per heavy atom. The Kier molecular flexibility index (Phi) is 7.09. The molecule has 0 spiro atoms. The van der Waals surface area contributed by atoms with Crippen LogP contribution in [0.2, 0.25) is 0 Å². The lowest BCUT2D eigenvalue weighted by molar-refractivity contribution is -0.122. The van der Waals surface area contributed by atoms with Crippen LogP contribution in [0.25, 0.3) is 0 Å². The minimum Gasteiger partial charge on any atom is -0.466 e. The number of carbonyl (C=O) groups is 3. The fourth-order valence-electron chi connectivity index (χ4n) is 3.96. The standard InChI is InChI=1S/C21H29N5O5/c1-13-12-16(14(2)30-13)19(29)25-24-17(28)8-9-18-22-20(26-31-18)21(23-15(3)27)10-6-4-5-7-11-21/h12H,4-11H2,1-3H3,(H,23,27)(H,24,28)(H,25,29). The fraction of sp³-hybridized carbons (Fsp3) is 0.571. The van der Waals surface area contributed by atoms with Gasteiger partial charge in [0.25, 0.3) is 5.91 Å². The molecule has 2 aromatic heterocycles. The number of nitrogens with one attached hydrogen (secondary N) is 3. The van der Waals surface area contributed by atoms with Crippen molar-refractivity contribution in [1.29, 1.82) is 0 Å². The first kappa shape index (κ1) is 22.5. The number of aromatic nitrogens is 2. The van der Waals surface area contributed by atoms with Crippen LogP contribution in [0, 0.1) is 13.8 Å². The first-order valence-corrected chi connectivity index (χ1v) is 10.6. The largest absolute Gasteiger partial charge is 0.466 e. The second-order valence-corrected chi connectivity index (χ2v) is 8.02. The number of hydrazine groups is 1. The molecule has 168 valence electrons. The SMILES string of the molecule is CC(=O)NC1(c2noc(CCC(=O)NNC(=O)c3cc(C)oc3C)n2)CCCCCC1. The lowest BCUT2D eigenvalue weighted by Crippen LogP contribution is -2.45. The van der Waals surface area contributed by atoms with Crippen molar-refractivity contribution in [3.8, 4) is 0 Å². The van der Waals surface area contributed by atoms with Gasteiger partial charge in [-0.15, -0.1) is 0 Å². The van der Waals surface area contributed by atoms with Crippen LogP contribution in [0.3, 0.4) is 0 Å². The molecule has 0 unspecified atom stereocenters. The highest BCUT2D eigenvalue weighted by molar-refractivity contribution is 5.96. The summed E-state index contributed by atoms with van der Waals surface area (Å²) in [6, 6.07) is 1.61. The maximum Gasteiger partial charge on any atom is 0.273 e. The molecule has 2 aromatic rings. The second-order valence-electron chi connectivity index (χ2n) is 8.02. The van der Waals surface area contributed by atoms with Crippen molar-refractivity contribution in [2.24, 2.45) is 0 Å². The van der Waals surface area contributed by atoms with E-state index in [-0.39, 0.29) is 18.7 Å². The number of hydrogen-bond acceptors (Lipinski definition) is 7. The molecule has 3 N–H and O–H groups in total. The predicted molar refractivity (Wildman–Crippen MR) is 110 cm³/mol. The first-order valence-electron chi connectivity index (χ1n) is 10.6. The van der Waals surface area contributed by atoms with E-state index in [0.717, 1.165) is 38.5 Å². The molecule has 0 aliphatic heterocycles. The molecule has 2 heterocycles. The van der Waals surface area contributed by atoms with E-state index in [0.29, 0.717) is 28.8 Å². The summed E-state index contributed by atoms with van der Waals surface area (Å²) in [6.45, 7) is 4.91. The van der Waals surface area contributed by atoms with E-state index < -0.39 is 17.4 Å². The van der Waals surface area contributed by atoms with Crippen molar-refractivity contribution in [2.75, 3.05) is 0 Å². The predicted octanol–water partition coefficient (Wildman–Crippen LogP) is 2.36. The molecule has 1 aliphatic rings. The quantitative estimate of drug-likeness (QED) is 0.471. The lowest BCUT2D eigenvalue weighted by atomic mass is 9.89. The molecule has 1 fully saturated rings. The molecule has 0 radical (unpaired) electrons. The Hall–Kier alpha value is -3.17. The van der Waals surface area contributed by atoms with E-state index in [9.17, 15) is 14.4 Å². The van der Waals surface area contributed by atoms with Crippen molar-refractivity contribution in [2.45, 2.75) is 77.7 Å². The van der Waals surface area contributed by atoms with Gasteiger partial charge in [0, 0.05) is 19.8 Å². The zero-order valence-corrected chi connectivity index (χ0v) is 18.2. The number of aryl methyl sites for hydroxylation is 3. The molecule has 10 heteroatoms. The Balaban J connectivity index is 1.55. The van der Waals surface area contributed by atoms with Crippen LogP contribution in [0.15, 0.2) is 15.0 Å². The third-order valence-electron chi connectivity index (χ3n) is 5.44. The van der Waals surface area contributed by atoms with Crippen LogP contribution in [-0.4, -0.2) is 27.9 Å². The van der Waals surface area contributed by atoms with Gasteiger partial charge in [-0.3, -0.25) is 25.2 Å². The third kappa shape index (κ3) is 5.71. The Bertz CT molecular complexity index is 940. The third-order valence-corrected chi connectivity index (χ3v) is 5.44. The van der Waals surface area contributed by atoms with E-state index in [2.05, 4.69) is 26.3 Å². The van der Waals surface area contributed by atoms with Crippen molar-refractivity contribution in [1.82, 2.24) is 26.3 Å². The number of carbonyl (C=O) groups excluding carboxylic acids is 3. The van der Waals surface area contributed by atoms with Gasteiger partial charge in [0.15, 0.2) is 5.82 Å². The van der Waals surface area contributed by atoms with Crippen LogP contribution in [0.4, 0.5) is 0 Å². The summed E-state index contributed by atoms with van der Waals surface area (Å²) in [5, 5.41) is 7.12. The normalized spacial score (nSPS) is 15.7. The van der Waals surface area contributed by atoms with Gasteiger partial charge in [-0.1, -0.05) is 30.8 Å². The highest BCUT2D eigenvalue weighted by atomic mass is 16.5. The van der Waals surface area contributed by atoms with Gasteiger partial charge in [0.1, 0.15) is 17.1 Å². The van der Waals surface area contributed by atoms with Gasteiger partial charge in [0.2, 0.25) is 17.7 Å². The average Bonchev–Trinajstić information content (AvgIpc) is 3.25. The van der Waals surface area contributed by atoms with E-state index >= 15 is 0 Å². The molecule has 31 heavy (non-hydrogen) atoms. The number of hydrogen-bond donors (Lipinski definition) is 3. The fourth-order valence-corrected chi connectivity index (χ4v) is 3.96. The summed E-state index contributed by atoms with van der Waals surface area (Å²) < 4.78 is 10.6. The average molecular weight is 431 g/mol. The monoisotopic (exact) mass is 431 g/mol. The minimum absolute atomic E-state index is 0.0540. The summed E-state index contributed by atoms with van der Waals surface area (Å²) >= 11 is 0. The molecule has 3 amide bonds. The molecule has 0 bridgehead atoms.